The SMILES string of the molecule is CC(N)C(C)C(=O)N1CCCCO1. The van der Waals surface area contributed by atoms with Crippen molar-refractivity contribution in [3.8, 4) is 0 Å². The summed E-state index contributed by atoms with van der Waals surface area (Å²) in [5.41, 5.74) is 5.64. The van der Waals surface area contributed by atoms with Gasteiger partial charge in [-0.05, 0) is 19.8 Å². The maximum Gasteiger partial charge on any atom is 0.250 e. The highest BCUT2D eigenvalue weighted by molar-refractivity contribution is 5.78. The van der Waals surface area contributed by atoms with Crippen LogP contribution in [0.25, 0.3) is 0 Å². The first-order chi connectivity index (χ1) is 6.13. The van der Waals surface area contributed by atoms with Crippen LogP contribution in [-0.2, 0) is 9.63 Å². The first-order valence-electron chi connectivity index (χ1n) is 4.83. The third kappa shape index (κ3) is 2.67. The molecule has 1 rings (SSSR count). The van der Waals surface area contributed by atoms with Gasteiger partial charge in [-0.25, -0.2) is 5.06 Å². The normalized spacial score (nSPS) is 22.5. The standard InChI is InChI=1S/C9H18N2O2/c1-7(8(2)10)9(12)11-5-3-4-6-13-11/h7-8H,3-6,10H2,1-2H3. The van der Waals surface area contributed by atoms with Crippen LogP contribution in [-0.4, -0.2) is 30.2 Å². The number of rotatable bonds is 2. The molecule has 1 amide bonds. The zero-order valence-electron chi connectivity index (χ0n) is 8.32. The summed E-state index contributed by atoms with van der Waals surface area (Å²) in [5.74, 6) is -0.146. The van der Waals surface area contributed by atoms with E-state index in [2.05, 4.69) is 0 Å². The van der Waals surface area contributed by atoms with Crippen LogP contribution < -0.4 is 5.73 Å². The number of carbonyl (C=O) groups is 1. The fourth-order valence-corrected chi connectivity index (χ4v) is 1.22. The van der Waals surface area contributed by atoms with Crippen molar-refractivity contribution in [2.45, 2.75) is 32.7 Å². The lowest BCUT2D eigenvalue weighted by atomic mass is 10.0. The van der Waals surface area contributed by atoms with Crippen molar-refractivity contribution in [3.63, 3.8) is 0 Å². The van der Waals surface area contributed by atoms with Gasteiger partial charge in [0.1, 0.15) is 0 Å². The topological polar surface area (TPSA) is 55.6 Å². The predicted molar refractivity (Wildman–Crippen MR) is 49.7 cm³/mol. The molecule has 1 fully saturated rings. The monoisotopic (exact) mass is 186 g/mol. The van der Waals surface area contributed by atoms with Gasteiger partial charge in [-0.15, -0.1) is 0 Å². The van der Waals surface area contributed by atoms with Gasteiger partial charge in [-0.1, -0.05) is 6.92 Å². The number of carbonyl (C=O) groups excluding carboxylic acids is 1. The molecular weight excluding hydrogens is 168 g/mol. The van der Waals surface area contributed by atoms with E-state index in [1.54, 1.807) is 0 Å². The molecule has 1 aliphatic heterocycles. The van der Waals surface area contributed by atoms with Gasteiger partial charge in [0.25, 0.3) is 0 Å². The summed E-state index contributed by atoms with van der Waals surface area (Å²) in [6.45, 7) is 5.03. The van der Waals surface area contributed by atoms with Crippen molar-refractivity contribution < 1.29 is 9.63 Å². The van der Waals surface area contributed by atoms with Crippen LogP contribution >= 0.6 is 0 Å². The lowest BCUT2D eigenvalue weighted by molar-refractivity contribution is -0.201. The summed E-state index contributed by atoms with van der Waals surface area (Å²) in [4.78, 5) is 16.9. The number of hydrogen-bond donors (Lipinski definition) is 1. The fourth-order valence-electron chi connectivity index (χ4n) is 1.22. The molecule has 0 radical (unpaired) electrons. The van der Waals surface area contributed by atoms with Crippen LogP contribution in [0.1, 0.15) is 26.7 Å². The van der Waals surface area contributed by atoms with Gasteiger partial charge >= 0.3 is 0 Å². The number of hydroxylamine groups is 2. The number of amides is 1. The molecule has 0 aromatic heterocycles. The Kier molecular flexibility index (Phi) is 3.69. The van der Waals surface area contributed by atoms with Gasteiger partial charge in [-0.3, -0.25) is 9.63 Å². The first kappa shape index (κ1) is 10.5. The van der Waals surface area contributed by atoms with Crippen molar-refractivity contribution in [1.82, 2.24) is 5.06 Å². The average Bonchev–Trinajstić information content (AvgIpc) is 2.17. The summed E-state index contributed by atoms with van der Waals surface area (Å²) in [6, 6.07) is -0.113. The van der Waals surface area contributed by atoms with E-state index in [0.29, 0.717) is 13.2 Å². The van der Waals surface area contributed by atoms with E-state index >= 15 is 0 Å². The number of hydrogen-bond acceptors (Lipinski definition) is 3. The summed E-state index contributed by atoms with van der Waals surface area (Å²) in [5, 5.41) is 1.46. The van der Waals surface area contributed by atoms with Gasteiger partial charge in [0, 0.05) is 12.6 Å². The third-order valence-electron chi connectivity index (χ3n) is 2.43. The van der Waals surface area contributed by atoms with Crippen molar-refractivity contribution in [2.24, 2.45) is 11.7 Å². The molecule has 1 saturated heterocycles. The minimum atomic E-state index is -0.155. The van der Waals surface area contributed by atoms with E-state index in [1.165, 1.54) is 5.06 Å². The molecule has 2 atom stereocenters. The van der Waals surface area contributed by atoms with Crippen LogP contribution in [0.4, 0.5) is 0 Å². The molecule has 2 unspecified atom stereocenters. The van der Waals surface area contributed by atoms with Crippen LogP contribution in [0.5, 0.6) is 0 Å². The van der Waals surface area contributed by atoms with Gasteiger partial charge in [0.2, 0.25) is 5.91 Å². The Morgan fingerprint density at radius 1 is 1.46 bits per heavy atom. The van der Waals surface area contributed by atoms with Gasteiger partial charge < -0.3 is 5.73 Å². The quantitative estimate of drug-likeness (QED) is 0.684. The van der Waals surface area contributed by atoms with Crippen LogP contribution in [0.15, 0.2) is 0 Å². The van der Waals surface area contributed by atoms with Crippen molar-refractivity contribution in [1.29, 1.82) is 0 Å². The molecule has 13 heavy (non-hydrogen) atoms. The molecule has 0 spiro atoms. The summed E-state index contributed by atoms with van der Waals surface area (Å²) in [6.07, 6.45) is 2.06. The second-order valence-corrected chi connectivity index (χ2v) is 3.63. The molecule has 0 aliphatic carbocycles. The van der Waals surface area contributed by atoms with E-state index in [0.717, 1.165) is 12.8 Å². The van der Waals surface area contributed by atoms with Crippen molar-refractivity contribution in [2.75, 3.05) is 13.2 Å². The number of nitrogens with zero attached hydrogens (tertiary/aromatic N) is 1. The summed E-state index contributed by atoms with van der Waals surface area (Å²) >= 11 is 0. The minimum absolute atomic E-state index is 0.00898. The second-order valence-electron chi connectivity index (χ2n) is 3.63. The maximum absolute atomic E-state index is 11.7. The zero-order chi connectivity index (χ0) is 9.84. The smallest absolute Gasteiger partial charge is 0.250 e. The van der Waals surface area contributed by atoms with Crippen molar-refractivity contribution >= 4 is 5.91 Å². The largest absolute Gasteiger partial charge is 0.327 e. The Hall–Kier alpha value is -0.610. The molecule has 4 nitrogen and oxygen atoms in total. The zero-order valence-corrected chi connectivity index (χ0v) is 8.32. The Balaban J connectivity index is 2.45. The highest BCUT2D eigenvalue weighted by atomic mass is 16.7. The van der Waals surface area contributed by atoms with Gasteiger partial charge in [0.15, 0.2) is 0 Å². The Morgan fingerprint density at radius 2 is 2.15 bits per heavy atom. The predicted octanol–water partition coefficient (Wildman–Crippen LogP) is 0.524. The average molecular weight is 186 g/mol. The molecule has 4 heteroatoms. The van der Waals surface area contributed by atoms with E-state index in [-0.39, 0.29) is 17.9 Å². The summed E-state index contributed by atoms with van der Waals surface area (Å²) < 4.78 is 0. The molecule has 76 valence electrons. The Labute approximate surface area is 79.0 Å². The minimum Gasteiger partial charge on any atom is -0.327 e. The molecule has 0 aromatic rings. The van der Waals surface area contributed by atoms with Crippen molar-refractivity contribution in [3.05, 3.63) is 0 Å². The Bertz CT molecular complexity index is 176. The van der Waals surface area contributed by atoms with Gasteiger partial charge in [-0.2, -0.15) is 0 Å². The molecule has 2 N–H and O–H groups in total. The van der Waals surface area contributed by atoms with E-state index in [9.17, 15) is 4.79 Å². The van der Waals surface area contributed by atoms with E-state index in [1.807, 2.05) is 13.8 Å². The molecule has 1 aliphatic rings. The first-order valence-corrected chi connectivity index (χ1v) is 4.83. The van der Waals surface area contributed by atoms with Crippen LogP contribution in [0.3, 0.4) is 0 Å². The molecular formula is C9H18N2O2. The molecule has 0 saturated carbocycles. The van der Waals surface area contributed by atoms with Crippen LogP contribution in [0, 0.1) is 5.92 Å². The van der Waals surface area contributed by atoms with Crippen LogP contribution in [0.2, 0.25) is 0 Å². The Morgan fingerprint density at radius 3 is 2.62 bits per heavy atom. The molecule has 0 aromatic carbocycles. The number of nitrogens with two attached hydrogens (primary N) is 1. The third-order valence-corrected chi connectivity index (χ3v) is 2.43. The van der Waals surface area contributed by atoms with E-state index in [4.69, 9.17) is 10.6 Å². The van der Waals surface area contributed by atoms with E-state index < -0.39 is 0 Å². The summed E-state index contributed by atoms with van der Waals surface area (Å²) in [7, 11) is 0. The van der Waals surface area contributed by atoms with Gasteiger partial charge in [0.05, 0.1) is 12.5 Å². The molecule has 1 heterocycles. The lowest BCUT2D eigenvalue weighted by Crippen LogP contribution is -2.43. The molecule has 0 bridgehead atoms. The fraction of sp³-hybridized carbons (Fsp3) is 0.889. The second kappa shape index (κ2) is 4.58. The highest BCUT2D eigenvalue weighted by Crippen LogP contribution is 2.11. The maximum atomic E-state index is 11.7. The lowest BCUT2D eigenvalue weighted by Gasteiger charge is -2.29. The highest BCUT2D eigenvalue weighted by Gasteiger charge is 2.25.